The van der Waals surface area contributed by atoms with Crippen LogP contribution in [0.15, 0.2) is 15.2 Å². The number of allylic oxidation sites excluding steroid dienone is 2. The van der Waals surface area contributed by atoms with Gasteiger partial charge in [-0.05, 0) is 0 Å². The molecule has 0 atom stereocenters. The molecule has 0 spiro atoms. The Balaban J connectivity index is 3.76. The van der Waals surface area contributed by atoms with Crippen molar-refractivity contribution in [2.75, 3.05) is 0 Å². The Morgan fingerprint density at radius 1 is 1.06 bits per heavy atom. The summed E-state index contributed by atoms with van der Waals surface area (Å²) >= 11 is 26.3. The Labute approximate surface area is 125 Å². The molecule has 1 N–H and O–H groups in total. The lowest BCUT2D eigenvalue weighted by molar-refractivity contribution is 0.970. The molecule has 0 aromatic carbocycles. The van der Waals surface area contributed by atoms with Gasteiger partial charge in [0.05, 0.1) is 33.0 Å². The lowest BCUT2D eigenvalue weighted by atomic mass is 9.88. The standard InChI is InChI=1S/C8HBrCl4N4/c9-17-6-4(2-15)3(1-14)5(16)7(10,11)8(6,12)13/h16H. The highest BCUT2D eigenvalue weighted by Gasteiger charge is 2.59. The third kappa shape index (κ3) is 1.97. The van der Waals surface area contributed by atoms with Crippen molar-refractivity contribution >= 4 is 74.0 Å². The number of hydrogen-bond donors (Lipinski definition) is 1. The summed E-state index contributed by atoms with van der Waals surface area (Å²) in [7, 11) is 0. The summed E-state index contributed by atoms with van der Waals surface area (Å²) in [5, 5.41) is 25.5. The van der Waals surface area contributed by atoms with Crippen LogP contribution in [-0.2, 0) is 0 Å². The molecule has 17 heavy (non-hydrogen) atoms. The first-order chi connectivity index (χ1) is 7.75. The van der Waals surface area contributed by atoms with Crippen LogP contribution in [0.1, 0.15) is 0 Å². The molecule has 9 heteroatoms. The summed E-state index contributed by atoms with van der Waals surface area (Å²) in [5.41, 5.74) is -1.30. The van der Waals surface area contributed by atoms with Gasteiger partial charge in [-0.3, -0.25) is 0 Å². The van der Waals surface area contributed by atoms with Gasteiger partial charge in [0.1, 0.15) is 17.9 Å². The van der Waals surface area contributed by atoms with Crippen molar-refractivity contribution in [3.05, 3.63) is 11.1 Å². The number of rotatable bonds is 0. The molecule has 0 bridgehead atoms. The summed E-state index contributed by atoms with van der Waals surface area (Å²) < 4.78 is -0.538. The van der Waals surface area contributed by atoms with Gasteiger partial charge in [0.25, 0.3) is 0 Å². The quantitative estimate of drug-likeness (QED) is 0.658. The van der Waals surface area contributed by atoms with Gasteiger partial charge in [0.15, 0.2) is 8.67 Å². The highest BCUT2D eigenvalue weighted by molar-refractivity contribution is 9.08. The van der Waals surface area contributed by atoms with Crippen LogP contribution in [0, 0.1) is 28.1 Å². The number of nitrogens with zero attached hydrogens (tertiary/aromatic N) is 3. The van der Waals surface area contributed by atoms with E-state index in [9.17, 15) is 0 Å². The van der Waals surface area contributed by atoms with Crippen molar-refractivity contribution in [1.29, 1.82) is 15.9 Å². The number of nitriles is 2. The van der Waals surface area contributed by atoms with E-state index in [0.717, 1.165) is 0 Å². The van der Waals surface area contributed by atoms with Gasteiger partial charge in [-0.2, -0.15) is 10.5 Å². The summed E-state index contributed by atoms with van der Waals surface area (Å²) in [4.78, 5) is 0. The van der Waals surface area contributed by atoms with E-state index in [0.29, 0.717) is 0 Å². The Bertz CT molecular complexity index is 535. The van der Waals surface area contributed by atoms with Crippen LogP contribution in [0.2, 0.25) is 0 Å². The van der Waals surface area contributed by atoms with Crippen molar-refractivity contribution in [3.8, 4) is 12.1 Å². The molecule has 4 nitrogen and oxygen atoms in total. The fraction of sp³-hybridized carbons (Fsp3) is 0.250. The maximum absolute atomic E-state index is 8.95. The second-order valence-corrected chi connectivity index (χ2v) is 5.94. The van der Waals surface area contributed by atoms with E-state index in [1.807, 2.05) is 0 Å². The molecular weight excluding hydrogens is 374 g/mol. The largest absolute Gasteiger partial charge is 0.301 e. The summed E-state index contributed by atoms with van der Waals surface area (Å²) in [6.07, 6.45) is 0. The van der Waals surface area contributed by atoms with Crippen LogP contribution in [0.4, 0.5) is 0 Å². The summed E-state index contributed by atoms with van der Waals surface area (Å²) in [6, 6.07) is 3.36. The van der Waals surface area contributed by atoms with E-state index in [1.54, 1.807) is 12.1 Å². The summed E-state index contributed by atoms with van der Waals surface area (Å²) in [6.45, 7) is 0. The van der Waals surface area contributed by atoms with E-state index in [1.165, 1.54) is 0 Å². The lowest BCUT2D eigenvalue weighted by Crippen LogP contribution is -2.53. The molecule has 0 saturated carbocycles. The molecular formula is C8HBrCl4N4. The average Bonchev–Trinajstić information content (AvgIpc) is 2.26. The third-order valence-corrected chi connectivity index (χ3v) is 4.66. The monoisotopic (exact) mass is 372 g/mol. The van der Waals surface area contributed by atoms with E-state index < -0.39 is 14.4 Å². The van der Waals surface area contributed by atoms with Gasteiger partial charge in [-0.25, -0.2) is 4.02 Å². The van der Waals surface area contributed by atoms with Crippen LogP contribution < -0.4 is 0 Å². The fourth-order valence-corrected chi connectivity index (χ4v) is 2.66. The fourth-order valence-electron chi connectivity index (χ4n) is 1.18. The minimum atomic E-state index is -2.08. The van der Waals surface area contributed by atoms with Crippen LogP contribution in [-0.4, -0.2) is 20.1 Å². The Hall–Kier alpha value is -0.300. The van der Waals surface area contributed by atoms with Crippen molar-refractivity contribution in [2.45, 2.75) is 8.67 Å². The van der Waals surface area contributed by atoms with Crippen LogP contribution >= 0.6 is 62.6 Å². The highest BCUT2D eigenvalue weighted by Crippen LogP contribution is 2.50. The van der Waals surface area contributed by atoms with E-state index >= 15 is 0 Å². The number of hydrogen-bond acceptors (Lipinski definition) is 4. The molecule has 0 radical (unpaired) electrons. The molecule has 1 aliphatic carbocycles. The van der Waals surface area contributed by atoms with Gasteiger partial charge < -0.3 is 5.41 Å². The summed E-state index contributed by atoms with van der Waals surface area (Å²) in [5.74, 6) is 0. The number of halogens is 5. The zero-order valence-electron chi connectivity index (χ0n) is 7.73. The van der Waals surface area contributed by atoms with Crippen LogP contribution in [0.25, 0.3) is 0 Å². The minimum Gasteiger partial charge on any atom is -0.301 e. The van der Waals surface area contributed by atoms with Gasteiger partial charge in [-0.1, -0.05) is 46.4 Å². The molecule has 0 aliphatic heterocycles. The normalized spacial score (nSPS) is 24.4. The average molecular weight is 375 g/mol. The van der Waals surface area contributed by atoms with Crippen molar-refractivity contribution in [2.24, 2.45) is 4.02 Å². The topological polar surface area (TPSA) is 83.8 Å². The number of nitrogens with one attached hydrogen (secondary N) is 1. The maximum Gasteiger partial charge on any atom is 0.200 e. The predicted octanol–water partition coefficient (Wildman–Crippen LogP) is 3.46. The molecule has 0 saturated heterocycles. The van der Waals surface area contributed by atoms with Gasteiger partial charge in [0.2, 0.25) is 0 Å². The maximum atomic E-state index is 8.95. The Morgan fingerprint density at radius 2 is 1.53 bits per heavy atom. The molecule has 0 fully saturated rings. The first-order valence-corrected chi connectivity index (χ1v) is 6.07. The molecule has 88 valence electrons. The zero-order chi connectivity index (χ0) is 13.4. The first-order valence-electron chi connectivity index (χ1n) is 3.85. The lowest BCUT2D eigenvalue weighted by Gasteiger charge is -2.37. The Morgan fingerprint density at radius 3 is 1.88 bits per heavy atom. The first kappa shape index (κ1) is 14.8. The molecule has 0 aromatic rings. The molecule has 0 unspecified atom stereocenters. The van der Waals surface area contributed by atoms with Crippen LogP contribution in [0.3, 0.4) is 0 Å². The van der Waals surface area contributed by atoms with Crippen molar-refractivity contribution in [3.63, 3.8) is 0 Å². The van der Waals surface area contributed by atoms with E-state index in [2.05, 4.69) is 20.2 Å². The molecule has 1 rings (SSSR count). The second kappa shape index (κ2) is 4.76. The van der Waals surface area contributed by atoms with Crippen molar-refractivity contribution in [1.82, 2.24) is 0 Å². The van der Waals surface area contributed by atoms with E-state index in [-0.39, 0.29) is 16.9 Å². The second-order valence-electron chi connectivity index (χ2n) is 2.93. The SMILES string of the molecule is N#CC1=C(C#N)C(=NBr)C(Cl)(Cl)C(Cl)(Cl)C1=N. The van der Waals surface area contributed by atoms with Gasteiger partial charge >= 0.3 is 0 Å². The molecule has 1 aliphatic rings. The third-order valence-electron chi connectivity index (χ3n) is 2.05. The highest BCUT2D eigenvalue weighted by atomic mass is 79.9. The van der Waals surface area contributed by atoms with Crippen LogP contribution in [0.5, 0.6) is 0 Å². The molecule has 0 amide bonds. The van der Waals surface area contributed by atoms with E-state index in [4.69, 9.17) is 62.3 Å². The zero-order valence-corrected chi connectivity index (χ0v) is 12.3. The van der Waals surface area contributed by atoms with Gasteiger partial charge in [0, 0.05) is 0 Å². The van der Waals surface area contributed by atoms with Gasteiger partial charge in [-0.15, -0.1) is 0 Å². The molecule has 0 aromatic heterocycles. The smallest absolute Gasteiger partial charge is 0.200 e. The minimum absolute atomic E-state index is 0.208. The number of alkyl halides is 4. The predicted molar refractivity (Wildman–Crippen MR) is 71.2 cm³/mol. The Kier molecular flexibility index (Phi) is 4.13. The molecule has 0 heterocycles. The van der Waals surface area contributed by atoms with Crippen molar-refractivity contribution < 1.29 is 0 Å².